The highest BCUT2D eigenvalue weighted by molar-refractivity contribution is 5.93. The number of amides is 1. The van der Waals surface area contributed by atoms with Crippen molar-refractivity contribution in [3.05, 3.63) is 71.5 Å². The largest absolute Gasteiger partial charge is 0.345 e. The van der Waals surface area contributed by atoms with Gasteiger partial charge in [-0.2, -0.15) is 4.68 Å². The molecule has 1 N–H and O–H groups in total. The minimum Gasteiger partial charge on any atom is -0.345 e. The number of hydrogen-bond donors (Lipinski definition) is 1. The molecule has 1 aromatic heterocycles. The van der Waals surface area contributed by atoms with Gasteiger partial charge in [-0.1, -0.05) is 35.9 Å². The maximum absolute atomic E-state index is 12.0. The van der Waals surface area contributed by atoms with E-state index in [1.807, 2.05) is 49.4 Å². The zero-order valence-corrected chi connectivity index (χ0v) is 12.1. The summed E-state index contributed by atoms with van der Waals surface area (Å²) in [5, 5.41) is 14.4. The van der Waals surface area contributed by atoms with E-state index < -0.39 is 0 Å². The molecule has 2 aromatic carbocycles. The monoisotopic (exact) mass is 293 g/mol. The number of nitrogens with one attached hydrogen (secondary N) is 1. The molecule has 1 amide bonds. The smallest absolute Gasteiger partial charge is 0.251 e. The summed E-state index contributed by atoms with van der Waals surface area (Å²) in [4.78, 5) is 12.0. The Morgan fingerprint density at radius 1 is 1.09 bits per heavy atom. The Bertz CT molecular complexity index is 765. The van der Waals surface area contributed by atoms with Crippen molar-refractivity contribution in [3.63, 3.8) is 0 Å². The van der Waals surface area contributed by atoms with E-state index in [9.17, 15) is 4.79 Å². The van der Waals surface area contributed by atoms with Crippen LogP contribution in [0.1, 0.15) is 21.7 Å². The number of aromatic nitrogens is 4. The van der Waals surface area contributed by atoms with Gasteiger partial charge in [-0.25, -0.2) is 0 Å². The van der Waals surface area contributed by atoms with Crippen LogP contribution in [0, 0.1) is 6.92 Å². The van der Waals surface area contributed by atoms with E-state index in [0.29, 0.717) is 11.4 Å². The first kappa shape index (κ1) is 13.9. The summed E-state index contributed by atoms with van der Waals surface area (Å²) < 4.78 is 1.62. The molecule has 0 aliphatic carbocycles. The lowest BCUT2D eigenvalue weighted by Crippen LogP contribution is -2.24. The number of benzene rings is 2. The Labute approximate surface area is 127 Å². The molecule has 6 nitrogen and oxygen atoms in total. The van der Waals surface area contributed by atoms with Crippen LogP contribution in [0.2, 0.25) is 0 Å². The maximum atomic E-state index is 12.0. The third-order valence-electron chi connectivity index (χ3n) is 3.26. The number of tetrazole rings is 1. The molecule has 22 heavy (non-hydrogen) atoms. The summed E-state index contributed by atoms with van der Waals surface area (Å²) in [6, 6.07) is 16.9. The average molecular weight is 293 g/mol. The topological polar surface area (TPSA) is 72.7 Å². The Morgan fingerprint density at radius 2 is 1.82 bits per heavy atom. The fourth-order valence-electron chi connectivity index (χ4n) is 2.05. The van der Waals surface area contributed by atoms with Crippen LogP contribution >= 0.6 is 0 Å². The normalized spacial score (nSPS) is 10.4. The van der Waals surface area contributed by atoms with Crippen LogP contribution < -0.4 is 5.32 Å². The number of carbonyl (C=O) groups excluding carboxylic acids is 1. The molecule has 0 bridgehead atoms. The summed E-state index contributed by atoms with van der Waals surface area (Å²) in [6.45, 7) is 2.28. The van der Waals surface area contributed by atoms with Crippen molar-refractivity contribution in [1.82, 2.24) is 25.5 Å². The van der Waals surface area contributed by atoms with Gasteiger partial charge in [-0.05, 0) is 41.6 Å². The van der Waals surface area contributed by atoms with Crippen LogP contribution in [0.5, 0.6) is 0 Å². The molecule has 1 heterocycles. The molecule has 0 spiro atoms. The summed E-state index contributed by atoms with van der Waals surface area (Å²) in [5.74, 6) is 0.423. The van der Waals surface area contributed by atoms with E-state index >= 15 is 0 Å². The van der Waals surface area contributed by atoms with Gasteiger partial charge >= 0.3 is 0 Å². The van der Waals surface area contributed by atoms with E-state index in [1.165, 1.54) is 0 Å². The lowest BCUT2D eigenvalue weighted by atomic mass is 10.2. The molecular formula is C16H15N5O. The van der Waals surface area contributed by atoms with Crippen molar-refractivity contribution >= 4 is 5.91 Å². The molecule has 0 fully saturated rings. The molecule has 3 aromatic rings. The number of rotatable bonds is 4. The molecule has 0 saturated carbocycles. The first-order valence-corrected chi connectivity index (χ1v) is 6.91. The first-order valence-electron chi connectivity index (χ1n) is 6.91. The van der Waals surface area contributed by atoms with Crippen LogP contribution in [0.25, 0.3) is 5.69 Å². The van der Waals surface area contributed by atoms with Gasteiger partial charge in [0.1, 0.15) is 0 Å². The van der Waals surface area contributed by atoms with E-state index in [-0.39, 0.29) is 12.5 Å². The Kier molecular flexibility index (Phi) is 3.91. The highest BCUT2D eigenvalue weighted by atomic mass is 16.1. The van der Waals surface area contributed by atoms with Crippen LogP contribution in [0.4, 0.5) is 0 Å². The van der Waals surface area contributed by atoms with Crippen molar-refractivity contribution in [2.75, 3.05) is 0 Å². The average Bonchev–Trinajstić information content (AvgIpc) is 3.02. The highest BCUT2D eigenvalue weighted by Gasteiger charge is 2.10. The van der Waals surface area contributed by atoms with Gasteiger partial charge in [0.15, 0.2) is 5.82 Å². The third kappa shape index (κ3) is 3.01. The number of nitrogens with zero attached hydrogens (tertiary/aromatic N) is 4. The first-order chi connectivity index (χ1) is 10.7. The van der Waals surface area contributed by atoms with Crippen LogP contribution in [0.15, 0.2) is 54.6 Å². The quantitative estimate of drug-likeness (QED) is 0.797. The van der Waals surface area contributed by atoms with E-state index in [2.05, 4.69) is 20.8 Å². The molecule has 110 valence electrons. The Balaban J connectivity index is 1.73. The zero-order chi connectivity index (χ0) is 15.4. The second-order valence-electron chi connectivity index (χ2n) is 4.89. The zero-order valence-electron chi connectivity index (χ0n) is 12.1. The van der Waals surface area contributed by atoms with Crippen molar-refractivity contribution in [2.45, 2.75) is 13.5 Å². The highest BCUT2D eigenvalue weighted by Crippen LogP contribution is 2.09. The molecule has 3 rings (SSSR count). The summed E-state index contributed by atoms with van der Waals surface area (Å²) >= 11 is 0. The van der Waals surface area contributed by atoms with Gasteiger partial charge in [0.25, 0.3) is 5.91 Å². The van der Waals surface area contributed by atoms with Gasteiger partial charge in [0.2, 0.25) is 0 Å². The second-order valence-corrected chi connectivity index (χ2v) is 4.89. The van der Waals surface area contributed by atoms with Crippen molar-refractivity contribution < 1.29 is 4.79 Å². The fraction of sp³-hybridized carbons (Fsp3) is 0.125. The van der Waals surface area contributed by atoms with Gasteiger partial charge in [-0.3, -0.25) is 4.79 Å². The predicted molar refractivity (Wildman–Crippen MR) is 81.5 cm³/mol. The molecule has 0 saturated heterocycles. The predicted octanol–water partition coefficient (Wildman–Crippen LogP) is 1.90. The van der Waals surface area contributed by atoms with Crippen molar-refractivity contribution in [1.29, 1.82) is 0 Å². The Hall–Kier alpha value is -3.02. The fourth-order valence-corrected chi connectivity index (χ4v) is 2.05. The van der Waals surface area contributed by atoms with Crippen LogP contribution in [-0.4, -0.2) is 26.1 Å². The Morgan fingerprint density at radius 3 is 2.55 bits per heavy atom. The van der Waals surface area contributed by atoms with Crippen molar-refractivity contribution in [3.8, 4) is 5.69 Å². The van der Waals surface area contributed by atoms with E-state index in [1.54, 1.807) is 16.8 Å². The minimum absolute atomic E-state index is 0.154. The van der Waals surface area contributed by atoms with Gasteiger partial charge < -0.3 is 5.32 Å². The molecule has 0 aliphatic rings. The molecule has 0 unspecified atom stereocenters. The molecule has 0 atom stereocenters. The summed E-state index contributed by atoms with van der Waals surface area (Å²) in [5.41, 5.74) is 2.63. The van der Waals surface area contributed by atoms with Gasteiger partial charge in [0.05, 0.1) is 12.2 Å². The maximum Gasteiger partial charge on any atom is 0.251 e. The summed E-state index contributed by atoms with van der Waals surface area (Å²) in [6.07, 6.45) is 0. The standard InChI is InChI=1S/C16H15N5O/c1-12-7-9-14(10-8-12)21-15(18-19-20-21)11-17-16(22)13-5-3-2-4-6-13/h2-10H,11H2,1H3,(H,17,22). The number of carbonyl (C=O) groups is 1. The van der Waals surface area contributed by atoms with Gasteiger partial charge in [0, 0.05) is 5.56 Å². The van der Waals surface area contributed by atoms with E-state index in [0.717, 1.165) is 11.3 Å². The summed E-state index contributed by atoms with van der Waals surface area (Å²) in [7, 11) is 0. The van der Waals surface area contributed by atoms with E-state index in [4.69, 9.17) is 0 Å². The number of aryl methyl sites for hydroxylation is 1. The van der Waals surface area contributed by atoms with Crippen LogP contribution in [0.3, 0.4) is 0 Å². The SMILES string of the molecule is Cc1ccc(-n2nnnc2CNC(=O)c2ccccc2)cc1. The molecule has 0 radical (unpaired) electrons. The third-order valence-corrected chi connectivity index (χ3v) is 3.26. The van der Waals surface area contributed by atoms with Crippen LogP contribution in [-0.2, 0) is 6.54 Å². The minimum atomic E-state index is -0.154. The second kappa shape index (κ2) is 6.17. The number of hydrogen-bond acceptors (Lipinski definition) is 4. The lowest BCUT2D eigenvalue weighted by Gasteiger charge is -2.06. The van der Waals surface area contributed by atoms with Gasteiger partial charge in [-0.15, -0.1) is 5.10 Å². The molecule has 0 aliphatic heterocycles. The molecular weight excluding hydrogens is 278 g/mol. The molecule has 6 heteroatoms. The lowest BCUT2D eigenvalue weighted by molar-refractivity contribution is 0.0949. The van der Waals surface area contributed by atoms with Crippen molar-refractivity contribution in [2.24, 2.45) is 0 Å².